The van der Waals surface area contributed by atoms with E-state index in [4.69, 9.17) is 10.8 Å². The summed E-state index contributed by atoms with van der Waals surface area (Å²) in [5, 5.41) is 8.64. The summed E-state index contributed by atoms with van der Waals surface area (Å²) in [5.41, 5.74) is 5.93. The Labute approximate surface area is 84.1 Å². The van der Waals surface area contributed by atoms with Crippen molar-refractivity contribution in [1.29, 1.82) is 0 Å². The van der Waals surface area contributed by atoms with Gasteiger partial charge in [-0.1, -0.05) is 0 Å². The maximum Gasteiger partial charge on any atom is 0.304 e. The molecule has 0 aromatic rings. The number of carboxylic acids is 1. The molecule has 3 atom stereocenters. The van der Waals surface area contributed by atoms with Gasteiger partial charge in [-0.05, 0) is 25.7 Å². The molecule has 2 bridgehead atoms. The first-order valence-corrected chi connectivity index (χ1v) is 5.40. The lowest BCUT2D eigenvalue weighted by Crippen LogP contribution is -2.47. The molecule has 0 saturated carbocycles. The van der Waals surface area contributed by atoms with E-state index in [0.29, 0.717) is 24.7 Å². The Bertz CT molecular complexity index is 218. The minimum Gasteiger partial charge on any atom is -0.481 e. The minimum atomic E-state index is -0.695. The summed E-state index contributed by atoms with van der Waals surface area (Å²) >= 11 is 0. The van der Waals surface area contributed by atoms with Gasteiger partial charge in [-0.15, -0.1) is 0 Å². The van der Waals surface area contributed by atoms with E-state index in [1.807, 2.05) is 0 Å². The number of nitrogens with zero attached hydrogens (tertiary/aromatic N) is 1. The van der Waals surface area contributed by atoms with E-state index in [1.54, 1.807) is 0 Å². The van der Waals surface area contributed by atoms with Gasteiger partial charge in [0.15, 0.2) is 0 Å². The van der Waals surface area contributed by atoms with Crippen LogP contribution in [0.15, 0.2) is 0 Å². The molecule has 2 aliphatic rings. The van der Waals surface area contributed by atoms with Crippen LogP contribution in [0, 0.1) is 0 Å². The molecule has 2 saturated heterocycles. The summed E-state index contributed by atoms with van der Waals surface area (Å²) in [6.45, 7) is 0.706. The third-order valence-corrected chi connectivity index (χ3v) is 3.50. The Hall–Kier alpha value is -0.610. The number of carbonyl (C=O) groups is 1. The number of carboxylic acid groups (broad SMARTS) is 1. The highest BCUT2D eigenvalue weighted by atomic mass is 16.4. The third-order valence-electron chi connectivity index (χ3n) is 3.50. The molecule has 1 unspecified atom stereocenters. The van der Waals surface area contributed by atoms with Crippen molar-refractivity contribution in [3.8, 4) is 0 Å². The summed E-state index contributed by atoms with van der Waals surface area (Å²) in [7, 11) is 0. The van der Waals surface area contributed by atoms with E-state index in [2.05, 4.69) is 4.90 Å². The maximum atomic E-state index is 10.5. The van der Waals surface area contributed by atoms with Crippen LogP contribution in [0.1, 0.15) is 32.1 Å². The van der Waals surface area contributed by atoms with E-state index in [9.17, 15) is 4.79 Å². The number of hydrogen-bond acceptors (Lipinski definition) is 3. The van der Waals surface area contributed by atoms with Gasteiger partial charge in [0.05, 0.1) is 6.42 Å². The fourth-order valence-corrected chi connectivity index (χ4v) is 2.91. The van der Waals surface area contributed by atoms with Gasteiger partial charge in [-0.3, -0.25) is 9.69 Å². The molecule has 0 aromatic heterocycles. The molecule has 2 heterocycles. The molecule has 0 aliphatic carbocycles. The van der Waals surface area contributed by atoms with Crippen LogP contribution in [0.25, 0.3) is 0 Å². The predicted octanol–water partition coefficient (Wildman–Crippen LogP) is 0.415. The maximum absolute atomic E-state index is 10.5. The van der Waals surface area contributed by atoms with Crippen LogP contribution >= 0.6 is 0 Å². The standard InChI is InChI=1S/C10H18N2O2/c11-7-5-8-1-2-9(6-7)12(8)4-3-10(13)14/h7-9H,1-6,11H2,(H,13,14)/t7?,8-,9+. The third kappa shape index (κ3) is 1.91. The van der Waals surface area contributed by atoms with Crippen LogP contribution in [0.3, 0.4) is 0 Å². The quantitative estimate of drug-likeness (QED) is 0.689. The Balaban J connectivity index is 1.90. The van der Waals surface area contributed by atoms with Crippen LogP contribution < -0.4 is 5.73 Å². The van der Waals surface area contributed by atoms with Crippen LogP contribution in [0.5, 0.6) is 0 Å². The molecular weight excluding hydrogens is 180 g/mol. The fraction of sp³-hybridized carbons (Fsp3) is 0.900. The molecule has 80 valence electrons. The topological polar surface area (TPSA) is 66.6 Å². The highest BCUT2D eigenvalue weighted by molar-refractivity contribution is 5.66. The molecule has 2 fully saturated rings. The van der Waals surface area contributed by atoms with Crippen molar-refractivity contribution in [2.24, 2.45) is 5.73 Å². The minimum absolute atomic E-state index is 0.266. The average Bonchev–Trinajstić information content (AvgIpc) is 2.34. The molecule has 0 aromatic carbocycles. The number of rotatable bonds is 3. The number of aliphatic carboxylic acids is 1. The summed E-state index contributed by atoms with van der Waals surface area (Å²) in [6.07, 6.45) is 4.78. The Morgan fingerprint density at radius 1 is 1.36 bits per heavy atom. The van der Waals surface area contributed by atoms with E-state index in [-0.39, 0.29) is 6.42 Å². The van der Waals surface area contributed by atoms with Gasteiger partial charge >= 0.3 is 5.97 Å². The van der Waals surface area contributed by atoms with E-state index >= 15 is 0 Å². The lowest BCUT2D eigenvalue weighted by atomic mass is 9.98. The number of nitrogens with two attached hydrogens (primary N) is 1. The Morgan fingerprint density at radius 3 is 2.43 bits per heavy atom. The molecule has 2 rings (SSSR count). The van der Waals surface area contributed by atoms with Gasteiger partial charge in [-0.2, -0.15) is 0 Å². The second kappa shape index (κ2) is 3.87. The molecule has 4 heteroatoms. The lowest BCUT2D eigenvalue weighted by molar-refractivity contribution is -0.137. The van der Waals surface area contributed by atoms with E-state index < -0.39 is 5.97 Å². The normalized spacial score (nSPS) is 37.4. The van der Waals surface area contributed by atoms with Crippen LogP contribution in [0.4, 0.5) is 0 Å². The molecule has 0 radical (unpaired) electrons. The Kier molecular flexibility index (Phi) is 2.74. The van der Waals surface area contributed by atoms with Crippen molar-refractivity contribution in [2.45, 2.75) is 50.2 Å². The molecule has 14 heavy (non-hydrogen) atoms. The first-order chi connectivity index (χ1) is 6.66. The summed E-state index contributed by atoms with van der Waals surface area (Å²) in [4.78, 5) is 12.8. The van der Waals surface area contributed by atoms with Crippen molar-refractivity contribution < 1.29 is 9.90 Å². The number of piperidine rings is 1. The molecular formula is C10H18N2O2. The second-order valence-electron chi connectivity index (χ2n) is 4.50. The Morgan fingerprint density at radius 2 is 1.93 bits per heavy atom. The molecule has 0 spiro atoms. The monoisotopic (exact) mass is 198 g/mol. The highest BCUT2D eigenvalue weighted by Gasteiger charge is 2.39. The van der Waals surface area contributed by atoms with Gasteiger partial charge in [0.25, 0.3) is 0 Å². The first-order valence-electron chi connectivity index (χ1n) is 5.40. The van der Waals surface area contributed by atoms with Crippen molar-refractivity contribution in [3.63, 3.8) is 0 Å². The largest absolute Gasteiger partial charge is 0.481 e. The smallest absolute Gasteiger partial charge is 0.304 e. The first kappa shape index (κ1) is 9.93. The highest BCUT2D eigenvalue weighted by Crippen LogP contribution is 2.34. The van der Waals surface area contributed by atoms with E-state index in [0.717, 1.165) is 12.8 Å². The van der Waals surface area contributed by atoms with Crippen molar-refractivity contribution in [3.05, 3.63) is 0 Å². The molecule has 4 nitrogen and oxygen atoms in total. The zero-order valence-electron chi connectivity index (χ0n) is 8.35. The van der Waals surface area contributed by atoms with Gasteiger partial charge in [0.2, 0.25) is 0 Å². The lowest BCUT2D eigenvalue weighted by Gasteiger charge is -2.37. The zero-order chi connectivity index (χ0) is 10.1. The SMILES string of the molecule is NC1C[C@H]2CC[C@@H](C1)N2CCC(=O)O. The van der Waals surface area contributed by atoms with Crippen molar-refractivity contribution in [1.82, 2.24) is 4.90 Å². The molecule has 2 aliphatic heterocycles. The van der Waals surface area contributed by atoms with Crippen molar-refractivity contribution in [2.75, 3.05) is 6.54 Å². The molecule has 3 N–H and O–H groups in total. The summed E-state index contributed by atoms with van der Waals surface area (Å²) in [6, 6.07) is 1.46. The van der Waals surface area contributed by atoms with Gasteiger partial charge < -0.3 is 10.8 Å². The van der Waals surface area contributed by atoms with Crippen molar-refractivity contribution >= 4 is 5.97 Å². The zero-order valence-corrected chi connectivity index (χ0v) is 8.35. The average molecular weight is 198 g/mol. The summed E-state index contributed by atoms with van der Waals surface area (Å²) < 4.78 is 0. The molecule has 0 amide bonds. The van der Waals surface area contributed by atoms with Gasteiger partial charge in [0.1, 0.15) is 0 Å². The van der Waals surface area contributed by atoms with Gasteiger partial charge in [-0.25, -0.2) is 0 Å². The number of hydrogen-bond donors (Lipinski definition) is 2. The summed E-state index contributed by atoms with van der Waals surface area (Å²) in [5.74, 6) is -0.695. The number of fused-ring (bicyclic) bond motifs is 2. The second-order valence-corrected chi connectivity index (χ2v) is 4.50. The van der Waals surface area contributed by atoms with E-state index in [1.165, 1.54) is 12.8 Å². The predicted molar refractivity (Wildman–Crippen MR) is 53.0 cm³/mol. The van der Waals surface area contributed by atoms with Crippen LogP contribution in [0.2, 0.25) is 0 Å². The fourth-order valence-electron chi connectivity index (χ4n) is 2.91. The van der Waals surface area contributed by atoms with Crippen LogP contribution in [-0.4, -0.2) is 40.6 Å². The van der Waals surface area contributed by atoms with Gasteiger partial charge in [0, 0.05) is 24.7 Å². The van der Waals surface area contributed by atoms with Crippen LogP contribution in [-0.2, 0) is 4.79 Å².